The number of carbonyl (C=O) groups excluding carboxylic acids is 2. The minimum Gasteiger partial charge on any atom is -0.465 e. The van der Waals surface area contributed by atoms with E-state index < -0.39 is 5.97 Å². The fraction of sp³-hybridized carbons (Fsp3) is 0.846. The van der Waals surface area contributed by atoms with Crippen LogP contribution in [0.4, 0.5) is 4.79 Å². The van der Waals surface area contributed by atoms with Gasteiger partial charge in [-0.25, -0.2) is 4.79 Å². The van der Waals surface area contributed by atoms with Gasteiger partial charge in [-0.05, 0) is 38.0 Å². The molecule has 18 heavy (non-hydrogen) atoms. The van der Waals surface area contributed by atoms with Crippen LogP contribution in [0.2, 0.25) is 0 Å². The Morgan fingerprint density at radius 3 is 2.56 bits per heavy atom. The Balaban J connectivity index is 2.22. The van der Waals surface area contributed by atoms with Crippen LogP contribution < -0.4 is 10.6 Å². The highest BCUT2D eigenvalue weighted by atomic mass is 16.5. The molecule has 0 saturated heterocycles. The van der Waals surface area contributed by atoms with E-state index in [1.54, 1.807) is 6.92 Å². The van der Waals surface area contributed by atoms with Gasteiger partial charge < -0.3 is 15.4 Å². The normalized spacial score (nSPS) is 27.4. The molecular formula is C13H24N2O3. The molecule has 0 aromatic rings. The van der Waals surface area contributed by atoms with E-state index in [1.165, 1.54) is 0 Å². The second kappa shape index (κ2) is 7.24. The third-order valence-electron chi connectivity index (χ3n) is 3.63. The fourth-order valence-corrected chi connectivity index (χ4v) is 2.28. The number of urea groups is 1. The average Bonchev–Trinajstić information content (AvgIpc) is 2.32. The highest BCUT2D eigenvalue weighted by Gasteiger charge is 2.25. The summed E-state index contributed by atoms with van der Waals surface area (Å²) < 4.78 is 4.73. The molecule has 3 atom stereocenters. The van der Waals surface area contributed by atoms with Crippen LogP contribution >= 0.6 is 0 Å². The zero-order valence-corrected chi connectivity index (χ0v) is 11.5. The van der Waals surface area contributed by atoms with Gasteiger partial charge in [-0.3, -0.25) is 4.79 Å². The van der Waals surface area contributed by atoms with Crippen LogP contribution in [-0.2, 0) is 9.53 Å². The Kier molecular flexibility index (Phi) is 5.95. The molecule has 1 aliphatic rings. The second-order valence-corrected chi connectivity index (χ2v) is 5.10. The van der Waals surface area contributed by atoms with Crippen molar-refractivity contribution in [2.24, 2.45) is 11.8 Å². The van der Waals surface area contributed by atoms with Crippen molar-refractivity contribution in [3.63, 3.8) is 0 Å². The minimum absolute atomic E-state index is 0.0711. The third kappa shape index (κ3) is 4.94. The largest absolute Gasteiger partial charge is 0.465 e. The molecule has 104 valence electrons. The predicted octanol–water partition coefficient (Wildman–Crippen LogP) is 1.67. The van der Waals surface area contributed by atoms with Crippen molar-refractivity contribution in [1.82, 2.24) is 10.6 Å². The summed E-state index contributed by atoms with van der Waals surface area (Å²) in [7, 11) is 0. The van der Waals surface area contributed by atoms with Gasteiger partial charge in [-0.15, -0.1) is 0 Å². The van der Waals surface area contributed by atoms with E-state index in [0.717, 1.165) is 25.2 Å². The lowest BCUT2D eigenvalue weighted by atomic mass is 9.79. The van der Waals surface area contributed by atoms with Crippen LogP contribution in [0.3, 0.4) is 0 Å². The molecule has 5 nitrogen and oxygen atoms in total. The van der Waals surface area contributed by atoms with Gasteiger partial charge >= 0.3 is 12.0 Å². The zero-order valence-electron chi connectivity index (χ0n) is 11.5. The molecule has 0 aliphatic heterocycles. The van der Waals surface area contributed by atoms with Gasteiger partial charge in [0.25, 0.3) is 0 Å². The lowest BCUT2D eigenvalue weighted by Crippen LogP contribution is -2.46. The van der Waals surface area contributed by atoms with Crippen LogP contribution in [0.15, 0.2) is 0 Å². The van der Waals surface area contributed by atoms with E-state index in [1.807, 2.05) is 0 Å². The molecule has 0 spiro atoms. The SMILES string of the molecule is CCOC(=O)CNC(=O)NC1CCC(C)C(C)C1. The first kappa shape index (κ1) is 14.8. The summed E-state index contributed by atoms with van der Waals surface area (Å²) in [4.78, 5) is 22.6. The van der Waals surface area contributed by atoms with E-state index in [0.29, 0.717) is 12.5 Å². The maximum absolute atomic E-state index is 11.6. The van der Waals surface area contributed by atoms with Crippen molar-refractivity contribution in [2.75, 3.05) is 13.2 Å². The molecule has 5 heteroatoms. The van der Waals surface area contributed by atoms with Crippen LogP contribution in [0, 0.1) is 11.8 Å². The first-order valence-corrected chi connectivity index (χ1v) is 6.72. The number of hydrogen-bond acceptors (Lipinski definition) is 3. The van der Waals surface area contributed by atoms with Gasteiger partial charge in [0.2, 0.25) is 0 Å². The highest BCUT2D eigenvalue weighted by Crippen LogP contribution is 2.29. The molecule has 2 N–H and O–H groups in total. The van der Waals surface area contributed by atoms with E-state index in [9.17, 15) is 9.59 Å². The molecule has 1 saturated carbocycles. The van der Waals surface area contributed by atoms with Crippen molar-refractivity contribution in [3.05, 3.63) is 0 Å². The fourth-order valence-electron chi connectivity index (χ4n) is 2.28. The Bertz CT molecular complexity index is 294. The van der Waals surface area contributed by atoms with Crippen LogP contribution in [-0.4, -0.2) is 31.2 Å². The highest BCUT2D eigenvalue weighted by molar-refractivity contribution is 5.80. The number of esters is 1. The van der Waals surface area contributed by atoms with E-state index >= 15 is 0 Å². The Hall–Kier alpha value is -1.26. The summed E-state index contributed by atoms with van der Waals surface area (Å²) in [6.45, 7) is 6.47. The van der Waals surface area contributed by atoms with Crippen molar-refractivity contribution in [1.29, 1.82) is 0 Å². The average molecular weight is 256 g/mol. The van der Waals surface area contributed by atoms with Gasteiger partial charge in [0.1, 0.15) is 6.54 Å². The van der Waals surface area contributed by atoms with Gasteiger partial charge in [0, 0.05) is 6.04 Å². The van der Waals surface area contributed by atoms with E-state index in [2.05, 4.69) is 24.5 Å². The molecule has 0 heterocycles. The third-order valence-corrected chi connectivity index (χ3v) is 3.63. The van der Waals surface area contributed by atoms with Gasteiger partial charge in [0.15, 0.2) is 0 Å². The van der Waals surface area contributed by atoms with Crippen molar-refractivity contribution in [2.45, 2.75) is 46.1 Å². The first-order chi connectivity index (χ1) is 8.52. The topological polar surface area (TPSA) is 67.4 Å². The standard InChI is InChI=1S/C13H24N2O3/c1-4-18-12(16)8-14-13(17)15-11-6-5-9(2)10(3)7-11/h9-11H,4-8H2,1-3H3,(H2,14,15,17). The predicted molar refractivity (Wildman–Crippen MR) is 69.1 cm³/mol. The summed E-state index contributed by atoms with van der Waals surface area (Å²) >= 11 is 0. The van der Waals surface area contributed by atoms with Crippen LogP contribution in [0.25, 0.3) is 0 Å². The summed E-state index contributed by atoms with van der Waals surface area (Å²) in [5.74, 6) is 0.957. The summed E-state index contributed by atoms with van der Waals surface area (Å²) in [5.41, 5.74) is 0. The van der Waals surface area contributed by atoms with Crippen molar-refractivity contribution < 1.29 is 14.3 Å². The van der Waals surface area contributed by atoms with Gasteiger partial charge in [0.05, 0.1) is 6.61 Å². The molecule has 0 aromatic heterocycles. The maximum atomic E-state index is 11.6. The lowest BCUT2D eigenvalue weighted by Gasteiger charge is -2.32. The Morgan fingerprint density at radius 2 is 1.94 bits per heavy atom. The Morgan fingerprint density at radius 1 is 1.22 bits per heavy atom. The molecule has 0 radical (unpaired) electrons. The second-order valence-electron chi connectivity index (χ2n) is 5.10. The van der Waals surface area contributed by atoms with Crippen molar-refractivity contribution in [3.8, 4) is 0 Å². The molecule has 0 aromatic carbocycles. The van der Waals surface area contributed by atoms with E-state index in [-0.39, 0.29) is 18.6 Å². The molecule has 1 fully saturated rings. The van der Waals surface area contributed by atoms with Gasteiger partial charge in [-0.2, -0.15) is 0 Å². The molecule has 1 rings (SSSR count). The number of ether oxygens (including phenoxy) is 1. The monoisotopic (exact) mass is 256 g/mol. The zero-order chi connectivity index (χ0) is 13.5. The first-order valence-electron chi connectivity index (χ1n) is 6.72. The smallest absolute Gasteiger partial charge is 0.325 e. The summed E-state index contributed by atoms with van der Waals surface area (Å²) in [6.07, 6.45) is 3.16. The molecular weight excluding hydrogens is 232 g/mol. The maximum Gasteiger partial charge on any atom is 0.325 e. The number of rotatable bonds is 4. The number of nitrogens with one attached hydrogen (secondary N) is 2. The molecule has 3 unspecified atom stereocenters. The number of amides is 2. The van der Waals surface area contributed by atoms with Crippen LogP contribution in [0.5, 0.6) is 0 Å². The van der Waals surface area contributed by atoms with Gasteiger partial charge in [-0.1, -0.05) is 13.8 Å². The number of carbonyl (C=O) groups is 2. The number of hydrogen-bond donors (Lipinski definition) is 2. The summed E-state index contributed by atoms with van der Waals surface area (Å²) in [6, 6.07) is -0.0619. The lowest BCUT2D eigenvalue weighted by molar-refractivity contribution is -0.141. The quantitative estimate of drug-likeness (QED) is 0.752. The molecule has 2 amide bonds. The van der Waals surface area contributed by atoms with Crippen molar-refractivity contribution >= 4 is 12.0 Å². The summed E-state index contributed by atoms with van der Waals surface area (Å²) in [5, 5.41) is 5.43. The molecule has 0 bridgehead atoms. The van der Waals surface area contributed by atoms with Crippen LogP contribution in [0.1, 0.15) is 40.0 Å². The minimum atomic E-state index is -0.404. The van der Waals surface area contributed by atoms with E-state index in [4.69, 9.17) is 4.74 Å². The molecule has 1 aliphatic carbocycles. The Labute approximate surface area is 109 Å².